The van der Waals surface area contributed by atoms with Gasteiger partial charge in [0.25, 0.3) is 0 Å². The molecule has 2 N–H and O–H groups in total. The van der Waals surface area contributed by atoms with E-state index in [9.17, 15) is 8.42 Å². The Bertz CT molecular complexity index is 467. The molecule has 94 valence electrons. The van der Waals surface area contributed by atoms with Crippen molar-refractivity contribution in [2.75, 3.05) is 23.4 Å². The molecule has 1 unspecified atom stereocenters. The zero-order chi connectivity index (χ0) is 12.3. The van der Waals surface area contributed by atoms with E-state index in [1.807, 2.05) is 24.3 Å². The van der Waals surface area contributed by atoms with Crippen LogP contribution in [0.2, 0.25) is 0 Å². The van der Waals surface area contributed by atoms with E-state index in [4.69, 9.17) is 5.11 Å². The molecular formula is C12H17NO3S. The van der Waals surface area contributed by atoms with Crippen LogP contribution in [0, 0.1) is 0 Å². The first-order chi connectivity index (χ1) is 8.09. The van der Waals surface area contributed by atoms with Gasteiger partial charge in [-0.1, -0.05) is 12.1 Å². The second-order valence-electron chi connectivity index (χ2n) is 4.41. The first kappa shape index (κ1) is 12.4. The van der Waals surface area contributed by atoms with E-state index < -0.39 is 9.84 Å². The zero-order valence-electron chi connectivity index (χ0n) is 9.59. The summed E-state index contributed by atoms with van der Waals surface area (Å²) in [7, 11) is -2.83. The average Bonchev–Trinajstić information content (AvgIpc) is 2.61. The van der Waals surface area contributed by atoms with E-state index in [1.165, 1.54) is 0 Å². The Morgan fingerprint density at radius 2 is 2.00 bits per heavy atom. The maximum Gasteiger partial charge on any atom is 0.152 e. The van der Waals surface area contributed by atoms with Crippen molar-refractivity contribution in [1.82, 2.24) is 0 Å². The molecule has 1 fully saturated rings. The van der Waals surface area contributed by atoms with Gasteiger partial charge in [0.05, 0.1) is 11.5 Å². The molecule has 1 aromatic carbocycles. The summed E-state index contributed by atoms with van der Waals surface area (Å²) in [6, 6.07) is 7.78. The van der Waals surface area contributed by atoms with Gasteiger partial charge in [-0.15, -0.1) is 0 Å². The monoisotopic (exact) mass is 255 g/mol. The van der Waals surface area contributed by atoms with E-state index >= 15 is 0 Å². The summed E-state index contributed by atoms with van der Waals surface area (Å²) in [6.07, 6.45) is 1.33. The van der Waals surface area contributed by atoms with Crippen molar-refractivity contribution in [3.8, 4) is 0 Å². The molecule has 0 saturated carbocycles. The van der Waals surface area contributed by atoms with Crippen LogP contribution < -0.4 is 5.32 Å². The molecule has 1 aliphatic rings. The van der Waals surface area contributed by atoms with Crippen molar-refractivity contribution in [2.45, 2.75) is 18.9 Å². The average molecular weight is 255 g/mol. The highest BCUT2D eigenvalue weighted by atomic mass is 32.2. The highest BCUT2D eigenvalue weighted by Gasteiger charge is 2.27. The number of benzene rings is 1. The van der Waals surface area contributed by atoms with Gasteiger partial charge in [-0.05, 0) is 30.5 Å². The summed E-state index contributed by atoms with van der Waals surface area (Å²) in [6.45, 7) is 0.146. The summed E-state index contributed by atoms with van der Waals surface area (Å²) in [5.41, 5.74) is 2.02. The van der Waals surface area contributed by atoms with Crippen LogP contribution >= 0.6 is 0 Å². The molecule has 4 nitrogen and oxygen atoms in total. The second kappa shape index (κ2) is 5.06. The van der Waals surface area contributed by atoms with E-state index in [2.05, 4.69) is 5.32 Å². The molecule has 17 heavy (non-hydrogen) atoms. The van der Waals surface area contributed by atoms with Crippen molar-refractivity contribution >= 4 is 15.5 Å². The van der Waals surface area contributed by atoms with Crippen LogP contribution in [0.25, 0.3) is 0 Å². The molecule has 1 saturated heterocycles. The lowest BCUT2D eigenvalue weighted by Gasteiger charge is -2.12. The quantitative estimate of drug-likeness (QED) is 0.836. The summed E-state index contributed by atoms with van der Waals surface area (Å²) in [4.78, 5) is 0. The number of nitrogens with one attached hydrogen (secondary N) is 1. The molecule has 1 aromatic rings. The maximum atomic E-state index is 11.3. The van der Waals surface area contributed by atoms with Gasteiger partial charge in [-0.25, -0.2) is 8.42 Å². The fourth-order valence-corrected chi connectivity index (χ4v) is 3.71. The molecular weight excluding hydrogens is 238 g/mol. The number of hydrogen-bond acceptors (Lipinski definition) is 4. The van der Waals surface area contributed by atoms with Gasteiger partial charge in [0, 0.05) is 18.3 Å². The first-order valence-corrected chi connectivity index (χ1v) is 7.58. The Kier molecular flexibility index (Phi) is 3.69. The van der Waals surface area contributed by atoms with Gasteiger partial charge >= 0.3 is 0 Å². The lowest BCUT2D eigenvalue weighted by atomic mass is 10.1. The number of aliphatic hydroxyl groups is 1. The predicted molar refractivity (Wildman–Crippen MR) is 67.9 cm³/mol. The van der Waals surface area contributed by atoms with Gasteiger partial charge in [-0.2, -0.15) is 0 Å². The molecule has 1 atom stereocenters. The minimum atomic E-state index is -2.83. The van der Waals surface area contributed by atoms with Crippen LogP contribution in [0.3, 0.4) is 0 Å². The molecule has 5 heteroatoms. The standard InChI is InChI=1S/C12H17NO3S/c14-7-5-10-1-3-11(4-2-10)13-12-6-8-17(15,16)9-12/h1-4,12-14H,5-9H2. The molecule has 1 aliphatic heterocycles. The van der Waals surface area contributed by atoms with Crippen molar-refractivity contribution in [2.24, 2.45) is 0 Å². The fraction of sp³-hybridized carbons (Fsp3) is 0.500. The third kappa shape index (κ3) is 3.44. The molecule has 0 radical (unpaired) electrons. The van der Waals surface area contributed by atoms with Crippen LogP contribution in [0.15, 0.2) is 24.3 Å². The number of rotatable bonds is 4. The molecule has 0 spiro atoms. The summed E-state index contributed by atoms with van der Waals surface area (Å²) >= 11 is 0. The fourth-order valence-electron chi connectivity index (χ4n) is 2.04. The Balaban J connectivity index is 1.95. The smallest absolute Gasteiger partial charge is 0.152 e. The van der Waals surface area contributed by atoms with Crippen molar-refractivity contribution in [3.05, 3.63) is 29.8 Å². The first-order valence-electron chi connectivity index (χ1n) is 5.76. The highest BCUT2D eigenvalue weighted by Crippen LogP contribution is 2.18. The second-order valence-corrected chi connectivity index (χ2v) is 6.64. The van der Waals surface area contributed by atoms with Gasteiger partial charge in [0.1, 0.15) is 0 Å². The number of sulfone groups is 1. The lowest BCUT2D eigenvalue weighted by Crippen LogP contribution is -2.20. The number of anilines is 1. The van der Waals surface area contributed by atoms with E-state index in [0.29, 0.717) is 12.8 Å². The Labute approximate surface area is 102 Å². The third-order valence-electron chi connectivity index (χ3n) is 2.96. The zero-order valence-corrected chi connectivity index (χ0v) is 10.4. The topological polar surface area (TPSA) is 66.4 Å². The summed E-state index contributed by atoms with van der Waals surface area (Å²) in [5, 5.41) is 12.0. The SMILES string of the molecule is O=S1(=O)CCC(Nc2ccc(CCO)cc2)C1. The number of hydrogen-bond donors (Lipinski definition) is 2. The van der Waals surface area contributed by atoms with Gasteiger partial charge < -0.3 is 10.4 Å². The van der Waals surface area contributed by atoms with E-state index in [1.54, 1.807) is 0 Å². The third-order valence-corrected chi connectivity index (χ3v) is 4.73. The molecule has 0 aromatic heterocycles. The predicted octanol–water partition coefficient (Wildman–Crippen LogP) is 0.820. The Morgan fingerprint density at radius 3 is 2.53 bits per heavy atom. The maximum absolute atomic E-state index is 11.3. The molecule has 0 bridgehead atoms. The lowest BCUT2D eigenvalue weighted by molar-refractivity contribution is 0.299. The van der Waals surface area contributed by atoms with E-state index in [-0.39, 0.29) is 24.2 Å². The van der Waals surface area contributed by atoms with Crippen LogP contribution in [-0.2, 0) is 16.3 Å². The summed E-state index contributed by atoms with van der Waals surface area (Å²) in [5.74, 6) is 0.513. The molecule has 0 aliphatic carbocycles. The minimum Gasteiger partial charge on any atom is -0.396 e. The minimum absolute atomic E-state index is 0.0312. The molecule has 0 amide bonds. The largest absolute Gasteiger partial charge is 0.396 e. The van der Waals surface area contributed by atoms with Crippen LogP contribution in [0.1, 0.15) is 12.0 Å². The molecule has 1 heterocycles. The van der Waals surface area contributed by atoms with Crippen LogP contribution in [-0.4, -0.2) is 37.7 Å². The number of aliphatic hydroxyl groups excluding tert-OH is 1. The molecule has 2 rings (SSSR count). The van der Waals surface area contributed by atoms with Gasteiger partial charge in [0.2, 0.25) is 0 Å². The summed E-state index contributed by atoms with van der Waals surface area (Å²) < 4.78 is 22.6. The van der Waals surface area contributed by atoms with E-state index in [0.717, 1.165) is 11.3 Å². The van der Waals surface area contributed by atoms with Crippen molar-refractivity contribution in [1.29, 1.82) is 0 Å². The Morgan fingerprint density at radius 1 is 1.29 bits per heavy atom. The van der Waals surface area contributed by atoms with Crippen molar-refractivity contribution < 1.29 is 13.5 Å². The van der Waals surface area contributed by atoms with Crippen molar-refractivity contribution in [3.63, 3.8) is 0 Å². The van der Waals surface area contributed by atoms with Crippen LogP contribution in [0.4, 0.5) is 5.69 Å². The Hall–Kier alpha value is -1.07. The normalized spacial score (nSPS) is 22.5. The highest BCUT2D eigenvalue weighted by molar-refractivity contribution is 7.91. The van der Waals surface area contributed by atoms with Gasteiger partial charge in [0.15, 0.2) is 9.84 Å². The van der Waals surface area contributed by atoms with Crippen LogP contribution in [0.5, 0.6) is 0 Å². The van der Waals surface area contributed by atoms with Gasteiger partial charge in [-0.3, -0.25) is 0 Å².